The Morgan fingerprint density at radius 2 is 2.24 bits per heavy atom. The van der Waals surface area contributed by atoms with E-state index in [-0.39, 0.29) is 22.2 Å². The first-order valence-corrected chi connectivity index (χ1v) is 7.40. The van der Waals surface area contributed by atoms with Crippen molar-refractivity contribution in [2.45, 2.75) is 18.9 Å². The van der Waals surface area contributed by atoms with Gasteiger partial charge in [0, 0.05) is 31.3 Å². The summed E-state index contributed by atoms with van der Waals surface area (Å²) in [4.78, 5) is 24.7. The molecule has 112 valence electrons. The fourth-order valence-corrected chi connectivity index (χ4v) is 3.37. The SMILES string of the molecule is O=C(c1cc([N+](=O)[O-])ccc1Cl)N1C[C@@H]2CCCN[C@@H]2C1. The van der Waals surface area contributed by atoms with Gasteiger partial charge in [0.15, 0.2) is 0 Å². The molecule has 1 amide bonds. The molecule has 0 saturated carbocycles. The molecular formula is C14H16ClN3O3. The van der Waals surface area contributed by atoms with Gasteiger partial charge in [0.25, 0.3) is 11.6 Å². The Labute approximate surface area is 127 Å². The van der Waals surface area contributed by atoms with Gasteiger partial charge < -0.3 is 10.2 Å². The molecule has 7 heteroatoms. The van der Waals surface area contributed by atoms with Crippen LogP contribution in [0, 0.1) is 16.0 Å². The molecule has 2 atom stereocenters. The van der Waals surface area contributed by atoms with Crippen LogP contribution in [0.1, 0.15) is 23.2 Å². The third kappa shape index (κ3) is 2.73. The molecule has 1 aromatic rings. The number of nitro groups is 1. The van der Waals surface area contributed by atoms with E-state index in [0.29, 0.717) is 25.0 Å². The zero-order valence-electron chi connectivity index (χ0n) is 11.4. The first-order chi connectivity index (χ1) is 10.1. The number of nitrogens with zero attached hydrogens (tertiary/aromatic N) is 2. The number of benzene rings is 1. The lowest BCUT2D eigenvalue weighted by atomic mass is 9.94. The van der Waals surface area contributed by atoms with Crippen LogP contribution in [0.2, 0.25) is 5.02 Å². The van der Waals surface area contributed by atoms with Crippen molar-refractivity contribution >= 4 is 23.2 Å². The predicted molar refractivity (Wildman–Crippen MR) is 78.5 cm³/mol. The molecular weight excluding hydrogens is 294 g/mol. The Kier molecular flexibility index (Phi) is 3.82. The third-order valence-corrected chi connectivity index (χ3v) is 4.61. The van der Waals surface area contributed by atoms with E-state index in [1.165, 1.54) is 18.2 Å². The van der Waals surface area contributed by atoms with E-state index in [9.17, 15) is 14.9 Å². The molecule has 0 spiro atoms. The molecule has 0 bridgehead atoms. The monoisotopic (exact) mass is 309 g/mol. The summed E-state index contributed by atoms with van der Waals surface area (Å²) in [6, 6.07) is 4.32. The number of hydrogen-bond acceptors (Lipinski definition) is 4. The average molecular weight is 310 g/mol. The van der Waals surface area contributed by atoms with Crippen LogP contribution in [0.3, 0.4) is 0 Å². The minimum Gasteiger partial charge on any atom is -0.337 e. The molecule has 2 heterocycles. The highest BCUT2D eigenvalue weighted by molar-refractivity contribution is 6.33. The van der Waals surface area contributed by atoms with Crippen molar-refractivity contribution in [3.63, 3.8) is 0 Å². The number of fused-ring (bicyclic) bond motifs is 1. The van der Waals surface area contributed by atoms with Crippen LogP contribution in [0.25, 0.3) is 0 Å². The Balaban J connectivity index is 1.82. The molecule has 1 N–H and O–H groups in total. The fraction of sp³-hybridized carbons (Fsp3) is 0.500. The van der Waals surface area contributed by atoms with Crippen molar-refractivity contribution in [2.24, 2.45) is 5.92 Å². The second kappa shape index (κ2) is 5.61. The van der Waals surface area contributed by atoms with Gasteiger partial charge in [-0.3, -0.25) is 14.9 Å². The van der Waals surface area contributed by atoms with E-state index in [4.69, 9.17) is 11.6 Å². The van der Waals surface area contributed by atoms with Gasteiger partial charge in [-0.1, -0.05) is 11.6 Å². The van der Waals surface area contributed by atoms with Gasteiger partial charge in [-0.05, 0) is 31.4 Å². The Morgan fingerprint density at radius 3 is 2.95 bits per heavy atom. The van der Waals surface area contributed by atoms with Crippen molar-refractivity contribution in [1.29, 1.82) is 0 Å². The largest absolute Gasteiger partial charge is 0.337 e. The minimum atomic E-state index is -0.515. The van der Waals surface area contributed by atoms with E-state index in [1.807, 2.05) is 0 Å². The fourth-order valence-electron chi connectivity index (χ4n) is 3.17. The lowest BCUT2D eigenvalue weighted by Crippen LogP contribution is -2.41. The van der Waals surface area contributed by atoms with Crippen molar-refractivity contribution < 1.29 is 9.72 Å². The van der Waals surface area contributed by atoms with Gasteiger partial charge in [0.1, 0.15) is 0 Å². The van der Waals surface area contributed by atoms with Gasteiger partial charge in [-0.2, -0.15) is 0 Å². The van der Waals surface area contributed by atoms with E-state index in [0.717, 1.165) is 19.4 Å². The molecule has 6 nitrogen and oxygen atoms in total. The number of piperidine rings is 1. The standard InChI is InChI=1S/C14H16ClN3O3/c15-12-4-3-10(18(20)21)6-11(12)14(19)17-7-9-2-1-5-16-13(9)8-17/h3-4,6,9,13,16H,1-2,5,7-8H2/t9-,13+/m0/s1. The summed E-state index contributed by atoms with van der Waals surface area (Å²) in [6.07, 6.45) is 2.24. The van der Waals surface area contributed by atoms with Crippen LogP contribution in [0.4, 0.5) is 5.69 Å². The predicted octanol–water partition coefficient (Wildman–Crippen LogP) is 2.07. The van der Waals surface area contributed by atoms with Gasteiger partial charge >= 0.3 is 0 Å². The van der Waals surface area contributed by atoms with Crippen LogP contribution in [-0.4, -0.2) is 41.4 Å². The average Bonchev–Trinajstić information content (AvgIpc) is 2.90. The molecule has 2 aliphatic heterocycles. The third-order valence-electron chi connectivity index (χ3n) is 4.28. The molecule has 3 rings (SSSR count). The molecule has 0 unspecified atom stereocenters. The van der Waals surface area contributed by atoms with Crippen molar-refractivity contribution in [3.8, 4) is 0 Å². The molecule has 1 aromatic carbocycles. The number of carbonyl (C=O) groups excluding carboxylic acids is 1. The van der Waals surface area contributed by atoms with Gasteiger partial charge in [-0.15, -0.1) is 0 Å². The normalized spacial score (nSPS) is 24.7. The number of carbonyl (C=O) groups is 1. The van der Waals surface area contributed by atoms with Crippen LogP contribution in [-0.2, 0) is 0 Å². The molecule has 0 radical (unpaired) electrons. The maximum atomic E-state index is 12.6. The van der Waals surface area contributed by atoms with Crippen molar-refractivity contribution in [3.05, 3.63) is 38.9 Å². The highest BCUT2D eigenvalue weighted by atomic mass is 35.5. The topological polar surface area (TPSA) is 75.5 Å². The minimum absolute atomic E-state index is 0.113. The highest BCUT2D eigenvalue weighted by Crippen LogP contribution is 2.29. The summed E-state index contributed by atoms with van der Waals surface area (Å²) in [5.41, 5.74) is 0.0991. The Hall–Kier alpha value is -1.66. The summed E-state index contributed by atoms with van der Waals surface area (Å²) in [7, 11) is 0. The van der Waals surface area contributed by atoms with Crippen LogP contribution in [0.15, 0.2) is 18.2 Å². The number of non-ortho nitro benzene ring substituents is 1. The summed E-state index contributed by atoms with van der Waals surface area (Å²) >= 11 is 6.04. The summed E-state index contributed by atoms with van der Waals surface area (Å²) < 4.78 is 0. The number of rotatable bonds is 2. The van der Waals surface area contributed by atoms with Crippen LogP contribution in [0.5, 0.6) is 0 Å². The zero-order chi connectivity index (χ0) is 15.0. The molecule has 21 heavy (non-hydrogen) atoms. The molecule has 2 fully saturated rings. The smallest absolute Gasteiger partial charge is 0.270 e. The number of amides is 1. The first-order valence-electron chi connectivity index (χ1n) is 7.03. The Morgan fingerprint density at radius 1 is 1.43 bits per heavy atom. The summed E-state index contributed by atoms with van der Waals surface area (Å²) in [5.74, 6) is 0.250. The van der Waals surface area contributed by atoms with Gasteiger partial charge in [0.2, 0.25) is 0 Å². The number of hydrogen-bond donors (Lipinski definition) is 1. The van der Waals surface area contributed by atoms with Crippen LogP contribution < -0.4 is 5.32 Å². The molecule has 2 aliphatic rings. The second-order valence-corrected chi connectivity index (χ2v) is 6.00. The number of nitrogens with one attached hydrogen (secondary N) is 1. The number of nitro benzene ring substituents is 1. The van der Waals surface area contributed by atoms with Crippen LogP contribution >= 0.6 is 11.6 Å². The quantitative estimate of drug-likeness (QED) is 0.670. The summed E-state index contributed by atoms with van der Waals surface area (Å²) in [5, 5.41) is 14.5. The maximum Gasteiger partial charge on any atom is 0.270 e. The molecule has 2 saturated heterocycles. The van der Waals surface area contributed by atoms with Crippen molar-refractivity contribution in [2.75, 3.05) is 19.6 Å². The van der Waals surface area contributed by atoms with E-state index in [1.54, 1.807) is 4.90 Å². The van der Waals surface area contributed by atoms with E-state index in [2.05, 4.69) is 5.32 Å². The Bertz CT molecular complexity index is 579. The second-order valence-electron chi connectivity index (χ2n) is 5.59. The zero-order valence-corrected chi connectivity index (χ0v) is 12.2. The lowest BCUT2D eigenvalue weighted by molar-refractivity contribution is -0.384. The first kappa shape index (κ1) is 14.3. The van der Waals surface area contributed by atoms with Gasteiger partial charge in [0.05, 0.1) is 15.5 Å². The highest BCUT2D eigenvalue weighted by Gasteiger charge is 2.37. The molecule has 0 aliphatic carbocycles. The van der Waals surface area contributed by atoms with E-state index < -0.39 is 4.92 Å². The molecule has 0 aromatic heterocycles. The maximum absolute atomic E-state index is 12.6. The van der Waals surface area contributed by atoms with Gasteiger partial charge in [-0.25, -0.2) is 0 Å². The lowest BCUT2D eigenvalue weighted by Gasteiger charge is -2.24. The summed E-state index contributed by atoms with van der Waals surface area (Å²) in [6.45, 7) is 2.32. The number of halogens is 1. The van der Waals surface area contributed by atoms with E-state index >= 15 is 0 Å². The number of likely N-dealkylation sites (tertiary alicyclic amines) is 1. The van der Waals surface area contributed by atoms with Crippen molar-refractivity contribution in [1.82, 2.24) is 10.2 Å².